The summed E-state index contributed by atoms with van der Waals surface area (Å²) < 4.78 is 8.04. The maximum Gasteiger partial charge on any atom is 0.356 e. The van der Waals surface area contributed by atoms with Gasteiger partial charge in [-0.2, -0.15) is 0 Å². The minimum atomic E-state index is -0.493. The number of methoxy groups -OCH3 is 1. The van der Waals surface area contributed by atoms with Crippen LogP contribution in [0.4, 0.5) is 11.4 Å². The topological polar surface area (TPSA) is 95.1 Å². The van der Waals surface area contributed by atoms with Crippen molar-refractivity contribution in [3.8, 4) is 11.4 Å². The Kier molecular flexibility index (Phi) is 5.71. The van der Waals surface area contributed by atoms with Crippen molar-refractivity contribution >= 4 is 28.4 Å². The minimum Gasteiger partial charge on any atom is -0.464 e. The van der Waals surface area contributed by atoms with Crippen LogP contribution in [-0.4, -0.2) is 44.2 Å². The third kappa shape index (κ3) is 3.86. The fraction of sp³-hybridized carbons (Fsp3) is 0.292. The fourth-order valence-electron chi connectivity index (χ4n) is 3.85. The molecule has 0 N–H and O–H groups in total. The molecule has 1 aromatic carbocycles. The average molecular weight is 447 g/mol. The van der Waals surface area contributed by atoms with Crippen molar-refractivity contribution in [2.45, 2.75) is 19.8 Å². The third-order valence-electron chi connectivity index (χ3n) is 5.83. The first-order valence-electron chi connectivity index (χ1n) is 10.5. The predicted molar refractivity (Wildman–Crippen MR) is 127 cm³/mol. The van der Waals surface area contributed by atoms with E-state index in [1.54, 1.807) is 54.0 Å². The highest BCUT2D eigenvalue weighted by atomic mass is 16.5. The van der Waals surface area contributed by atoms with E-state index in [4.69, 9.17) is 0 Å². The van der Waals surface area contributed by atoms with Gasteiger partial charge in [-0.05, 0) is 35.7 Å². The predicted octanol–water partition coefficient (Wildman–Crippen LogP) is 3.41. The summed E-state index contributed by atoms with van der Waals surface area (Å²) in [6, 6.07) is 7.43. The monoisotopic (exact) mass is 446 g/mol. The number of pyridine rings is 1. The Hall–Kier alpha value is -4.01. The Morgan fingerprint density at radius 2 is 1.70 bits per heavy atom. The number of ether oxygens (including phenoxy) is 1. The highest BCUT2D eigenvalue weighted by Gasteiger charge is 2.18. The zero-order chi connectivity index (χ0) is 23.9. The van der Waals surface area contributed by atoms with Gasteiger partial charge < -0.3 is 9.64 Å². The smallest absolute Gasteiger partial charge is 0.356 e. The van der Waals surface area contributed by atoms with Crippen LogP contribution in [0.3, 0.4) is 0 Å². The first-order valence-corrected chi connectivity index (χ1v) is 10.5. The highest BCUT2D eigenvalue weighted by molar-refractivity contribution is 5.87. The number of nitrogens with zero attached hydrogens (tertiary/aromatic N) is 6. The second kappa shape index (κ2) is 8.50. The molecule has 9 nitrogen and oxygen atoms in total. The van der Waals surface area contributed by atoms with Crippen molar-refractivity contribution in [1.82, 2.24) is 24.1 Å². The Bertz CT molecular complexity index is 1390. The lowest BCUT2D eigenvalue weighted by molar-refractivity contribution is 0.0594. The van der Waals surface area contributed by atoms with Gasteiger partial charge >= 0.3 is 11.7 Å². The number of hydrogen-bond acceptors (Lipinski definition) is 7. The molecule has 9 heteroatoms. The highest BCUT2D eigenvalue weighted by Crippen LogP contribution is 2.32. The van der Waals surface area contributed by atoms with Gasteiger partial charge in [-0.3, -0.25) is 9.13 Å². The standard InChI is InChI=1S/C24H26N6O3/c1-14(2)18-9-16(10-20-21(18)30(5)24(32)29(20)4)28(3)17-12-26-22(27-13-17)15-7-8-19(25-11-15)23(31)33-6/h7-14H,1-6H3. The first kappa shape index (κ1) is 22.2. The van der Waals surface area contributed by atoms with Gasteiger partial charge in [-0.25, -0.2) is 24.5 Å². The number of hydrogen-bond donors (Lipinski definition) is 0. The van der Waals surface area contributed by atoms with Crippen LogP contribution in [-0.2, 0) is 18.8 Å². The van der Waals surface area contributed by atoms with Crippen molar-refractivity contribution in [1.29, 1.82) is 0 Å². The summed E-state index contributed by atoms with van der Waals surface area (Å²) in [5, 5.41) is 0. The van der Waals surface area contributed by atoms with Crippen LogP contribution < -0.4 is 10.6 Å². The maximum absolute atomic E-state index is 12.5. The van der Waals surface area contributed by atoms with Crippen LogP contribution in [0.1, 0.15) is 35.8 Å². The van der Waals surface area contributed by atoms with Crippen molar-refractivity contribution in [2.24, 2.45) is 14.1 Å². The van der Waals surface area contributed by atoms with Crippen LogP contribution >= 0.6 is 0 Å². The number of aromatic nitrogens is 5. The number of benzene rings is 1. The number of anilines is 2. The summed E-state index contributed by atoms with van der Waals surface area (Å²) in [6.45, 7) is 4.24. The molecule has 0 unspecified atom stereocenters. The normalized spacial score (nSPS) is 11.2. The number of carbonyl (C=O) groups excluding carboxylic acids is 1. The maximum atomic E-state index is 12.5. The van der Waals surface area contributed by atoms with E-state index in [0.29, 0.717) is 11.4 Å². The van der Waals surface area contributed by atoms with Crippen molar-refractivity contribution in [3.05, 3.63) is 64.6 Å². The molecule has 0 bridgehead atoms. The van der Waals surface area contributed by atoms with Gasteiger partial charge in [0.1, 0.15) is 5.69 Å². The molecule has 33 heavy (non-hydrogen) atoms. The first-order chi connectivity index (χ1) is 15.7. The minimum absolute atomic E-state index is 0.0498. The lowest BCUT2D eigenvalue weighted by atomic mass is 10.00. The van der Waals surface area contributed by atoms with Crippen LogP contribution in [0.15, 0.2) is 47.7 Å². The third-order valence-corrected chi connectivity index (χ3v) is 5.83. The zero-order valence-corrected chi connectivity index (χ0v) is 19.5. The molecule has 0 amide bonds. The fourth-order valence-corrected chi connectivity index (χ4v) is 3.85. The Labute approximate surface area is 191 Å². The summed E-state index contributed by atoms with van der Waals surface area (Å²) in [6.07, 6.45) is 5.02. The molecule has 0 saturated carbocycles. The quantitative estimate of drug-likeness (QED) is 0.434. The number of rotatable bonds is 5. The molecule has 0 fully saturated rings. The summed E-state index contributed by atoms with van der Waals surface area (Å²) in [5.74, 6) is 0.251. The van der Waals surface area contributed by atoms with E-state index < -0.39 is 5.97 Å². The van der Waals surface area contributed by atoms with Gasteiger partial charge in [0, 0.05) is 38.6 Å². The second-order valence-corrected chi connectivity index (χ2v) is 8.21. The van der Waals surface area contributed by atoms with Gasteiger partial charge in [-0.1, -0.05) is 13.8 Å². The molecule has 4 aromatic rings. The number of carbonyl (C=O) groups is 1. The van der Waals surface area contributed by atoms with Crippen LogP contribution in [0.5, 0.6) is 0 Å². The summed E-state index contributed by atoms with van der Waals surface area (Å²) in [5.41, 5.74) is 5.54. The second-order valence-electron chi connectivity index (χ2n) is 8.21. The largest absolute Gasteiger partial charge is 0.464 e. The van der Waals surface area contributed by atoms with E-state index >= 15 is 0 Å². The van der Waals surface area contributed by atoms with Crippen molar-refractivity contribution in [2.75, 3.05) is 19.1 Å². The lowest BCUT2D eigenvalue weighted by Gasteiger charge is -2.21. The molecule has 3 heterocycles. The summed E-state index contributed by atoms with van der Waals surface area (Å²) >= 11 is 0. The molecular formula is C24H26N6O3. The van der Waals surface area contributed by atoms with E-state index in [0.717, 1.165) is 28.0 Å². The molecule has 0 aliphatic carbocycles. The summed E-state index contributed by atoms with van der Waals surface area (Å²) in [4.78, 5) is 39.1. The average Bonchev–Trinajstić information content (AvgIpc) is 3.06. The van der Waals surface area contributed by atoms with E-state index in [1.165, 1.54) is 7.11 Å². The molecule has 3 aromatic heterocycles. The van der Waals surface area contributed by atoms with Gasteiger partial charge in [0.25, 0.3) is 0 Å². The van der Waals surface area contributed by atoms with E-state index in [9.17, 15) is 9.59 Å². The van der Waals surface area contributed by atoms with Crippen LogP contribution in [0.2, 0.25) is 0 Å². The molecule has 0 aliphatic heterocycles. The van der Waals surface area contributed by atoms with E-state index in [2.05, 4.69) is 39.6 Å². The van der Waals surface area contributed by atoms with Crippen molar-refractivity contribution < 1.29 is 9.53 Å². The van der Waals surface area contributed by atoms with Gasteiger partial charge in [0.05, 0.1) is 36.2 Å². The number of fused-ring (bicyclic) bond motifs is 1. The van der Waals surface area contributed by atoms with E-state index in [1.807, 2.05) is 18.0 Å². The van der Waals surface area contributed by atoms with Crippen LogP contribution in [0.25, 0.3) is 22.4 Å². The molecular weight excluding hydrogens is 420 g/mol. The molecule has 4 rings (SSSR count). The zero-order valence-electron chi connectivity index (χ0n) is 19.5. The molecule has 0 saturated heterocycles. The Morgan fingerprint density at radius 1 is 1.00 bits per heavy atom. The molecule has 0 aliphatic rings. The summed E-state index contributed by atoms with van der Waals surface area (Å²) in [7, 11) is 6.85. The SMILES string of the molecule is COC(=O)c1ccc(-c2ncc(N(C)c3cc(C(C)C)c4c(c3)n(C)c(=O)n4C)cn2)cn1. The number of imidazole rings is 1. The van der Waals surface area contributed by atoms with Crippen LogP contribution in [0, 0.1) is 0 Å². The Morgan fingerprint density at radius 3 is 2.27 bits per heavy atom. The molecule has 0 atom stereocenters. The molecule has 170 valence electrons. The van der Waals surface area contributed by atoms with Crippen molar-refractivity contribution in [3.63, 3.8) is 0 Å². The van der Waals surface area contributed by atoms with E-state index in [-0.39, 0.29) is 17.3 Å². The van der Waals surface area contributed by atoms with Gasteiger partial charge in [0.15, 0.2) is 5.82 Å². The molecule has 0 radical (unpaired) electrons. The lowest BCUT2D eigenvalue weighted by Crippen LogP contribution is -2.19. The Balaban J connectivity index is 1.68. The molecule has 0 spiro atoms. The van der Waals surface area contributed by atoms with Gasteiger partial charge in [0.2, 0.25) is 0 Å². The number of aryl methyl sites for hydroxylation is 2. The van der Waals surface area contributed by atoms with Gasteiger partial charge in [-0.15, -0.1) is 0 Å². The number of esters is 1.